The SMILES string of the molecule is C=CC(=O)N1CCN2CC(=O)N(CCN3C[C@H]4CC(=O)N(c5cc(C(F)(F)F)cc(C)n5)[C@@H]4C(=O)N(C)c4cccc(F)c43)C[C@H]2C1. The van der Waals surface area contributed by atoms with Crippen molar-refractivity contribution in [1.29, 1.82) is 0 Å². The normalized spacial score (nSPS) is 23.7. The lowest BCUT2D eigenvalue weighted by Crippen LogP contribution is -2.64. The monoisotopic (exact) mass is 657 g/mol. The van der Waals surface area contributed by atoms with E-state index < -0.39 is 41.3 Å². The second-order valence-electron chi connectivity index (χ2n) is 12.4. The minimum absolute atomic E-state index is 0.0254. The van der Waals surface area contributed by atoms with Gasteiger partial charge in [-0.15, -0.1) is 0 Å². The fourth-order valence-electron chi connectivity index (χ4n) is 7.16. The zero-order chi connectivity index (χ0) is 33.8. The van der Waals surface area contributed by atoms with Crippen LogP contribution in [0, 0.1) is 18.7 Å². The van der Waals surface area contributed by atoms with Crippen molar-refractivity contribution in [2.45, 2.75) is 31.6 Å². The molecule has 0 aliphatic carbocycles. The number of anilines is 3. The van der Waals surface area contributed by atoms with Gasteiger partial charge in [0.2, 0.25) is 23.6 Å². The molecule has 3 saturated heterocycles. The van der Waals surface area contributed by atoms with Crippen LogP contribution in [0.2, 0.25) is 0 Å². The summed E-state index contributed by atoms with van der Waals surface area (Å²) < 4.78 is 56.7. The summed E-state index contributed by atoms with van der Waals surface area (Å²) in [5.74, 6) is -3.02. The molecule has 250 valence electrons. The lowest BCUT2D eigenvalue weighted by molar-refractivity contribution is -0.142. The van der Waals surface area contributed by atoms with Crippen molar-refractivity contribution < 1.29 is 36.7 Å². The zero-order valence-electron chi connectivity index (χ0n) is 26.0. The van der Waals surface area contributed by atoms with E-state index in [9.17, 15) is 32.3 Å². The van der Waals surface area contributed by atoms with Gasteiger partial charge >= 0.3 is 6.18 Å². The Balaban J connectivity index is 1.29. The Labute approximate surface area is 269 Å². The zero-order valence-corrected chi connectivity index (χ0v) is 26.0. The first kappa shape index (κ1) is 32.4. The number of nitrogens with zero attached hydrogens (tertiary/aromatic N) is 7. The first-order valence-corrected chi connectivity index (χ1v) is 15.4. The van der Waals surface area contributed by atoms with Crippen LogP contribution in [0.4, 0.5) is 34.8 Å². The van der Waals surface area contributed by atoms with Gasteiger partial charge in [0, 0.05) is 76.9 Å². The molecule has 0 N–H and O–H groups in total. The van der Waals surface area contributed by atoms with Gasteiger partial charge in [-0.1, -0.05) is 12.6 Å². The van der Waals surface area contributed by atoms with E-state index in [1.54, 1.807) is 20.8 Å². The van der Waals surface area contributed by atoms with Gasteiger partial charge in [0.05, 0.1) is 23.5 Å². The molecule has 1 aromatic carbocycles. The molecule has 5 heterocycles. The van der Waals surface area contributed by atoms with E-state index >= 15 is 4.39 Å². The molecular weight excluding hydrogens is 622 g/mol. The van der Waals surface area contributed by atoms with E-state index in [1.165, 1.54) is 37.1 Å². The molecule has 11 nitrogen and oxygen atoms in total. The maximum atomic E-state index is 15.6. The summed E-state index contributed by atoms with van der Waals surface area (Å²) in [6.45, 7) is 7.36. The van der Waals surface area contributed by atoms with E-state index in [-0.39, 0.29) is 73.3 Å². The van der Waals surface area contributed by atoms with Crippen LogP contribution >= 0.6 is 0 Å². The fourth-order valence-corrected chi connectivity index (χ4v) is 7.16. The van der Waals surface area contributed by atoms with E-state index in [4.69, 9.17) is 0 Å². The number of fused-ring (bicyclic) bond motifs is 3. The maximum Gasteiger partial charge on any atom is 0.416 e. The van der Waals surface area contributed by atoms with Crippen LogP contribution in [0.15, 0.2) is 43.0 Å². The van der Waals surface area contributed by atoms with Crippen LogP contribution in [-0.2, 0) is 25.4 Å². The predicted molar refractivity (Wildman–Crippen MR) is 164 cm³/mol. The number of hydrogen-bond donors (Lipinski definition) is 0. The third kappa shape index (κ3) is 6.03. The first-order chi connectivity index (χ1) is 22.3. The standard InChI is InChI=1S/C32H35F4N7O4/c1-4-26(44)40-9-8-39-18-28(46)41(17-22(39)16-40)10-11-42-15-20-13-27(45)43(25-14-21(32(34,35)36)12-19(2)37-25)29(20)31(47)38(3)24-7-5-6-23(33)30(24)42/h4-7,12,14,20,22,29H,1,8-11,13,15-18H2,2-3H3/t20-,22-,29+/m1/s1. The van der Waals surface area contributed by atoms with Crippen LogP contribution in [0.25, 0.3) is 0 Å². The van der Waals surface area contributed by atoms with Crippen molar-refractivity contribution in [2.24, 2.45) is 5.92 Å². The van der Waals surface area contributed by atoms with Crippen LogP contribution in [0.1, 0.15) is 17.7 Å². The molecule has 2 aromatic rings. The van der Waals surface area contributed by atoms with E-state index in [0.717, 1.165) is 17.0 Å². The highest BCUT2D eigenvalue weighted by molar-refractivity contribution is 6.10. The average Bonchev–Trinajstić information content (AvgIpc) is 3.35. The molecule has 1 aromatic heterocycles. The third-order valence-electron chi connectivity index (χ3n) is 9.48. The molecule has 3 atom stereocenters. The molecule has 3 fully saturated rings. The number of alkyl halides is 3. The second-order valence-corrected chi connectivity index (χ2v) is 12.4. The molecule has 4 aliphatic heterocycles. The average molecular weight is 658 g/mol. The van der Waals surface area contributed by atoms with Gasteiger partial charge in [0.1, 0.15) is 17.7 Å². The highest BCUT2D eigenvalue weighted by Crippen LogP contribution is 2.41. The molecule has 15 heteroatoms. The van der Waals surface area contributed by atoms with Crippen molar-refractivity contribution in [2.75, 3.05) is 74.1 Å². The molecule has 4 aliphatic rings. The van der Waals surface area contributed by atoms with Gasteiger partial charge < -0.3 is 19.6 Å². The number of piperazine rings is 2. The molecule has 0 unspecified atom stereocenters. The summed E-state index contributed by atoms with van der Waals surface area (Å²) in [5, 5.41) is 0. The molecule has 0 radical (unpaired) electrons. The number of aryl methyl sites for hydroxylation is 1. The summed E-state index contributed by atoms with van der Waals surface area (Å²) in [6.07, 6.45) is -3.60. The third-order valence-corrected chi connectivity index (χ3v) is 9.48. The maximum absolute atomic E-state index is 15.6. The largest absolute Gasteiger partial charge is 0.416 e. The quantitative estimate of drug-likeness (QED) is 0.360. The second kappa shape index (κ2) is 12.2. The Morgan fingerprint density at radius 2 is 1.79 bits per heavy atom. The number of amides is 4. The topological polar surface area (TPSA) is 101 Å². The molecule has 4 amide bonds. The Bertz CT molecular complexity index is 1630. The summed E-state index contributed by atoms with van der Waals surface area (Å²) in [4.78, 5) is 66.5. The number of carbonyl (C=O) groups is 4. The van der Waals surface area contributed by atoms with Gasteiger partial charge in [0.15, 0.2) is 0 Å². The summed E-state index contributed by atoms with van der Waals surface area (Å²) in [5.41, 5.74) is -0.599. The summed E-state index contributed by atoms with van der Waals surface area (Å²) in [6, 6.07) is 4.65. The predicted octanol–water partition coefficient (Wildman–Crippen LogP) is 2.29. The highest BCUT2D eigenvalue weighted by atomic mass is 19.4. The molecule has 47 heavy (non-hydrogen) atoms. The van der Waals surface area contributed by atoms with Gasteiger partial charge in [-0.3, -0.25) is 29.0 Å². The number of rotatable bonds is 5. The van der Waals surface area contributed by atoms with Crippen LogP contribution in [-0.4, -0.2) is 115 Å². The number of pyridine rings is 1. The smallest absolute Gasteiger partial charge is 0.365 e. The van der Waals surface area contributed by atoms with Crippen molar-refractivity contribution in [3.63, 3.8) is 0 Å². The molecule has 6 rings (SSSR count). The van der Waals surface area contributed by atoms with Gasteiger partial charge in [-0.25, -0.2) is 9.37 Å². The summed E-state index contributed by atoms with van der Waals surface area (Å²) >= 11 is 0. The number of carbonyl (C=O) groups excluding carboxylic acids is 4. The number of halogens is 4. The number of aromatic nitrogens is 1. The minimum Gasteiger partial charge on any atom is -0.365 e. The van der Waals surface area contributed by atoms with Crippen LogP contribution in [0.5, 0.6) is 0 Å². The molecule has 0 saturated carbocycles. The Morgan fingerprint density at radius 1 is 1.04 bits per heavy atom. The van der Waals surface area contributed by atoms with Crippen molar-refractivity contribution >= 4 is 40.8 Å². The number of benzene rings is 1. The summed E-state index contributed by atoms with van der Waals surface area (Å²) in [7, 11) is 1.44. The van der Waals surface area contributed by atoms with Crippen molar-refractivity contribution in [3.8, 4) is 0 Å². The number of likely N-dealkylation sites (N-methyl/N-ethyl adjacent to an activating group) is 1. The number of hydrogen-bond acceptors (Lipinski definition) is 7. The van der Waals surface area contributed by atoms with E-state index in [1.807, 2.05) is 4.90 Å². The Morgan fingerprint density at radius 3 is 2.51 bits per heavy atom. The Hall–Kier alpha value is -4.53. The van der Waals surface area contributed by atoms with Gasteiger partial charge in [-0.05, 0) is 37.3 Å². The first-order valence-electron chi connectivity index (χ1n) is 15.4. The van der Waals surface area contributed by atoms with Crippen molar-refractivity contribution in [3.05, 3.63) is 60.1 Å². The molecule has 0 bridgehead atoms. The fraction of sp³-hybridized carbons (Fsp3) is 0.469. The van der Waals surface area contributed by atoms with Crippen molar-refractivity contribution in [1.82, 2.24) is 19.7 Å². The number of para-hydroxylation sites is 1. The van der Waals surface area contributed by atoms with E-state index in [2.05, 4.69) is 11.6 Å². The molecular formula is C32H35F4N7O4. The molecule has 0 spiro atoms. The van der Waals surface area contributed by atoms with Crippen LogP contribution in [0.3, 0.4) is 0 Å². The minimum atomic E-state index is -4.69. The van der Waals surface area contributed by atoms with E-state index in [0.29, 0.717) is 26.2 Å². The van der Waals surface area contributed by atoms with Gasteiger partial charge in [-0.2, -0.15) is 13.2 Å². The van der Waals surface area contributed by atoms with Crippen LogP contribution < -0.4 is 14.7 Å². The lowest BCUT2D eigenvalue weighted by Gasteiger charge is -2.47. The highest BCUT2D eigenvalue weighted by Gasteiger charge is 2.49. The van der Waals surface area contributed by atoms with Gasteiger partial charge in [0.25, 0.3) is 0 Å². The lowest BCUT2D eigenvalue weighted by atomic mass is 9.95. The Kier molecular flexibility index (Phi) is 8.45.